The number of benzene rings is 2. The third-order valence-electron chi connectivity index (χ3n) is 6.24. The van der Waals surface area contributed by atoms with Crippen LogP contribution in [0.3, 0.4) is 0 Å². The molecule has 2 aromatic heterocycles. The quantitative estimate of drug-likeness (QED) is 0.277. The number of hydrogen-bond donors (Lipinski definition) is 3. The van der Waals surface area contributed by atoms with Crippen LogP contribution >= 0.6 is 0 Å². The standard InChI is InChI=1S/C30H28FN5O4/c1-18(32-3)29(39)35-26-11-12-27(22-5-4-6-25(14-22)34-19(2)37)36(30(26)40)17-20-13-23(16-33-15-20)28(38)21-7-9-24(31)10-8-21/h4-16,18,32H,17H2,1-3H3,(H,34,37)(H,35,39). The molecule has 0 saturated carbocycles. The molecular formula is C30H28FN5O4. The van der Waals surface area contributed by atoms with Crippen molar-refractivity contribution < 1.29 is 18.8 Å². The normalized spacial score (nSPS) is 11.5. The van der Waals surface area contributed by atoms with Crippen molar-refractivity contribution in [3.63, 3.8) is 0 Å². The van der Waals surface area contributed by atoms with Crippen molar-refractivity contribution in [3.05, 3.63) is 112 Å². The number of aromatic nitrogens is 2. The van der Waals surface area contributed by atoms with Gasteiger partial charge in [-0.15, -0.1) is 0 Å². The van der Waals surface area contributed by atoms with E-state index in [1.807, 2.05) is 0 Å². The number of carbonyl (C=O) groups excluding carboxylic acids is 3. The summed E-state index contributed by atoms with van der Waals surface area (Å²) in [5.41, 5.74) is 2.48. The Morgan fingerprint density at radius 3 is 2.40 bits per heavy atom. The van der Waals surface area contributed by atoms with Gasteiger partial charge in [-0.1, -0.05) is 12.1 Å². The number of ketones is 1. The lowest BCUT2D eigenvalue weighted by Gasteiger charge is -2.17. The molecule has 204 valence electrons. The molecule has 1 unspecified atom stereocenters. The summed E-state index contributed by atoms with van der Waals surface area (Å²) < 4.78 is 14.8. The monoisotopic (exact) mass is 541 g/mol. The van der Waals surface area contributed by atoms with Crippen molar-refractivity contribution in [1.29, 1.82) is 0 Å². The third-order valence-corrected chi connectivity index (χ3v) is 6.24. The summed E-state index contributed by atoms with van der Waals surface area (Å²) in [7, 11) is 1.64. The van der Waals surface area contributed by atoms with Gasteiger partial charge in [0, 0.05) is 41.7 Å². The highest BCUT2D eigenvalue weighted by Gasteiger charge is 2.17. The summed E-state index contributed by atoms with van der Waals surface area (Å²) >= 11 is 0. The van der Waals surface area contributed by atoms with Crippen molar-refractivity contribution in [1.82, 2.24) is 14.9 Å². The van der Waals surface area contributed by atoms with Crippen LogP contribution in [-0.2, 0) is 16.1 Å². The second-order valence-corrected chi connectivity index (χ2v) is 9.20. The molecule has 3 N–H and O–H groups in total. The van der Waals surface area contributed by atoms with Gasteiger partial charge in [-0.2, -0.15) is 0 Å². The summed E-state index contributed by atoms with van der Waals surface area (Å²) in [6, 6.07) is 16.6. The number of hydrogen-bond acceptors (Lipinski definition) is 6. The van der Waals surface area contributed by atoms with E-state index in [2.05, 4.69) is 20.9 Å². The number of anilines is 2. The highest BCUT2D eigenvalue weighted by Crippen LogP contribution is 2.24. The Hall–Kier alpha value is -4.96. The molecule has 1 atom stereocenters. The van der Waals surface area contributed by atoms with Crippen molar-refractivity contribution in [2.24, 2.45) is 0 Å². The van der Waals surface area contributed by atoms with E-state index in [0.717, 1.165) is 0 Å². The summed E-state index contributed by atoms with van der Waals surface area (Å²) in [5, 5.41) is 8.23. The second-order valence-electron chi connectivity index (χ2n) is 9.20. The molecule has 0 fully saturated rings. The molecule has 10 heteroatoms. The van der Waals surface area contributed by atoms with Crippen LogP contribution < -0.4 is 21.5 Å². The smallest absolute Gasteiger partial charge is 0.275 e. The molecule has 0 aliphatic carbocycles. The third kappa shape index (κ3) is 6.54. The largest absolute Gasteiger partial charge is 0.326 e. The molecule has 0 aliphatic rings. The first-order chi connectivity index (χ1) is 19.2. The SMILES string of the molecule is CNC(C)C(=O)Nc1ccc(-c2cccc(NC(C)=O)c2)n(Cc2cncc(C(=O)c3ccc(F)cc3)c2)c1=O. The van der Waals surface area contributed by atoms with Crippen LogP contribution in [0.4, 0.5) is 15.8 Å². The van der Waals surface area contributed by atoms with Gasteiger partial charge in [0.25, 0.3) is 5.56 Å². The zero-order valence-electron chi connectivity index (χ0n) is 22.2. The van der Waals surface area contributed by atoms with Crippen LogP contribution in [0.1, 0.15) is 35.3 Å². The summed E-state index contributed by atoms with van der Waals surface area (Å²) in [6.45, 7) is 3.10. The van der Waals surface area contributed by atoms with Crippen molar-refractivity contribution in [2.45, 2.75) is 26.4 Å². The first-order valence-corrected chi connectivity index (χ1v) is 12.5. The molecule has 0 spiro atoms. The Kier molecular flexibility index (Phi) is 8.60. The lowest BCUT2D eigenvalue weighted by molar-refractivity contribution is -0.117. The topological polar surface area (TPSA) is 122 Å². The van der Waals surface area contributed by atoms with E-state index in [1.54, 1.807) is 56.6 Å². The van der Waals surface area contributed by atoms with Crippen LogP contribution in [0.2, 0.25) is 0 Å². The molecule has 2 amide bonds. The number of likely N-dealkylation sites (N-methyl/N-ethyl adjacent to an activating group) is 1. The number of nitrogens with zero attached hydrogens (tertiary/aromatic N) is 2. The van der Waals surface area contributed by atoms with Gasteiger partial charge >= 0.3 is 0 Å². The average Bonchev–Trinajstić information content (AvgIpc) is 2.94. The van der Waals surface area contributed by atoms with Crippen LogP contribution in [0.25, 0.3) is 11.3 Å². The van der Waals surface area contributed by atoms with E-state index in [0.29, 0.717) is 28.1 Å². The minimum absolute atomic E-state index is 0.0291. The van der Waals surface area contributed by atoms with E-state index in [1.165, 1.54) is 48.0 Å². The van der Waals surface area contributed by atoms with Crippen molar-refractivity contribution in [3.8, 4) is 11.3 Å². The molecule has 4 aromatic rings. The maximum absolute atomic E-state index is 13.7. The van der Waals surface area contributed by atoms with Gasteiger partial charge in [0.1, 0.15) is 11.5 Å². The molecule has 0 radical (unpaired) electrons. The lowest BCUT2D eigenvalue weighted by atomic mass is 10.0. The first-order valence-electron chi connectivity index (χ1n) is 12.5. The fourth-order valence-electron chi connectivity index (χ4n) is 4.06. The Morgan fingerprint density at radius 2 is 1.70 bits per heavy atom. The molecule has 0 saturated heterocycles. The van der Waals surface area contributed by atoms with Crippen LogP contribution in [0.15, 0.2) is 83.9 Å². The highest BCUT2D eigenvalue weighted by atomic mass is 19.1. The van der Waals surface area contributed by atoms with E-state index in [-0.39, 0.29) is 35.4 Å². The van der Waals surface area contributed by atoms with Gasteiger partial charge in [-0.3, -0.25) is 24.2 Å². The maximum atomic E-state index is 13.7. The molecule has 2 heterocycles. The zero-order chi connectivity index (χ0) is 28.8. The maximum Gasteiger partial charge on any atom is 0.275 e. The minimum atomic E-state index is -0.528. The summed E-state index contributed by atoms with van der Waals surface area (Å²) in [5.74, 6) is -1.40. The van der Waals surface area contributed by atoms with E-state index in [4.69, 9.17) is 0 Å². The molecule has 0 bridgehead atoms. The number of carbonyl (C=O) groups is 3. The Labute approximate surface area is 230 Å². The van der Waals surface area contributed by atoms with E-state index < -0.39 is 17.4 Å². The molecule has 9 nitrogen and oxygen atoms in total. The van der Waals surface area contributed by atoms with Crippen LogP contribution in [-0.4, -0.2) is 40.2 Å². The van der Waals surface area contributed by atoms with Crippen molar-refractivity contribution >= 4 is 29.0 Å². The lowest BCUT2D eigenvalue weighted by Crippen LogP contribution is -2.37. The van der Waals surface area contributed by atoms with Crippen LogP contribution in [0.5, 0.6) is 0 Å². The van der Waals surface area contributed by atoms with Gasteiger partial charge in [-0.25, -0.2) is 4.39 Å². The van der Waals surface area contributed by atoms with Gasteiger partial charge in [0.2, 0.25) is 11.8 Å². The number of nitrogens with one attached hydrogen (secondary N) is 3. The second kappa shape index (κ2) is 12.3. The van der Waals surface area contributed by atoms with Gasteiger partial charge in [0.05, 0.1) is 18.3 Å². The number of rotatable bonds is 9. The van der Waals surface area contributed by atoms with E-state index >= 15 is 0 Å². The van der Waals surface area contributed by atoms with Gasteiger partial charge in [0.15, 0.2) is 5.78 Å². The number of amides is 2. The molecular weight excluding hydrogens is 513 g/mol. The first kappa shape index (κ1) is 28.1. The average molecular weight is 542 g/mol. The summed E-state index contributed by atoms with van der Waals surface area (Å²) in [6.07, 6.45) is 2.95. The fourth-order valence-corrected chi connectivity index (χ4v) is 4.06. The van der Waals surface area contributed by atoms with E-state index in [9.17, 15) is 23.6 Å². The number of halogens is 1. The molecule has 4 rings (SSSR count). The molecule has 40 heavy (non-hydrogen) atoms. The zero-order valence-corrected chi connectivity index (χ0v) is 22.2. The molecule has 2 aromatic carbocycles. The van der Waals surface area contributed by atoms with Crippen LogP contribution in [0, 0.1) is 5.82 Å². The molecule has 0 aliphatic heterocycles. The summed E-state index contributed by atoms with van der Waals surface area (Å²) in [4.78, 5) is 55.0. The fraction of sp³-hybridized carbons (Fsp3) is 0.167. The highest BCUT2D eigenvalue weighted by molar-refractivity contribution is 6.08. The minimum Gasteiger partial charge on any atom is -0.326 e. The van der Waals surface area contributed by atoms with Crippen molar-refractivity contribution in [2.75, 3.05) is 17.7 Å². The predicted octanol–water partition coefficient (Wildman–Crippen LogP) is 3.83. The Balaban J connectivity index is 1.77. The van der Waals surface area contributed by atoms with Gasteiger partial charge < -0.3 is 20.5 Å². The van der Waals surface area contributed by atoms with Gasteiger partial charge in [-0.05, 0) is 74.1 Å². The Morgan fingerprint density at radius 1 is 0.950 bits per heavy atom. The predicted molar refractivity (Wildman–Crippen MR) is 151 cm³/mol. The Bertz CT molecular complexity index is 1630. The number of pyridine rings is 2.